The van der Waals surface area contributed by atoms with Gasteiger partial charge in [-0.25, -0.2) is 14.4 Å². The maximum absolute atomic E-state index is 13.4. The molecule has 0 aromatic carbocycles. The van der Waals surface area contributed by atoms with Crippen LogP contribution in [0.3, 0.4) is 0 Å². The molecule has 1 aliphatic carbocycles. The van der Waals surface area contributed by atoms with Crippen molar-refractivity contribution in [1.29, 1.82) is 0 Å². The number of anilines is 2. The summed E-state index contributed by atoms with van der Waals surface area (Å²) in [6.45, 7) is 1.19. The zero-order valence-electron chi connectivity index (χ0n) is 10.8. The van der Waals surface area contributed by atoms with E-state index in [2.05, 4.69) is 15.3 Å². The summed E-state index contributed by atoms with van der Waals surface area (Å²) in [7, 11) is 0. The number of aliphatic hydroxyl groups is 1. The van der Waals surface area contributed by atoms with Gasteiger partial charge in [0.1, 0.15) is 24.1 Å². The number of nitrogens with one attached hydrogen (secondary N) is 1. The largest absolute Gasteiger partial charge is 0.394 e. The van der Waals surface area contributed by atoms with E-state index in [1.807, 2.05) is 11.0 Å². The van der Waals surface area contributed by atoms with Crippen LogP contribution in [0.25, 0.3) is 0 Å². The molecule has 0 radical (unpaired) electrons. The molecule has 2 atom stereocenters. The first-order valence-electron chi connectivity index (χ1n) is 6.83. The Balaban J connectivity index is 1.70. The average molecular weight is 266 g/mol. The molecule has 19 heavy (non-hydrogen) atoms. The van der Waals surface area contributed by atoms with Crippen LogP contribution < -0.4 is 10.2 Å². The van der Waals surface area contributed by atoms with Gasteiger partial charge in [0.2, 0.25) is 0 Å². The van der Waals surface area contributed by atoms with E-state index in [0.29, 0.717) is 18.8 Å². The van der Waals surface area contributed by atoms with Crippen molar-refractivity contribution in [2.45, 2.75) is 31.5 Å². The summed E-state index contributed by atoms with van der Waals surface area (Å²) >= 11 is 0. The van der Waals surface area contributed by atoms with Crippen molar-refractivity contribution in [3.05, 3.63) is 12.4 Å². The van der Waals surface area contributed by atoms with Crippen LogP contribution in [-0.2, 0) is 0 Å². The smallest absolute Gasteiger partial charge is 0.134 e. The number of aliphatic hydroxyl groups excluding tert-OH is 1. The van der Waals surface area contributed by atoms with Gasteiger partial charge in [0, 0.05) is 19.0 Å². The summed E-state index contributed by atoms with van der Waals surface area (Å²) in [6, 6.07) is 1.66. The molecule has 2 N–H and O–H groups in total. The van der Waals surface area contributed by atoms with E-state index in [4.69, 9.17) is 0 Å². The molecular weight excluding hydrogens is 247 g/mol. The van der Waals surface area contributed by atoms with Crippen LogP contribution in [-0.4, -0.2) is 47.0 Å². The molecule has 2 heterocycles. The zero-order valence-corrected chi connectivity index (χ0v) is 10.8. The van der Waals surface area contributed by atoms with Crippen molar-refractivity contribution in [2.24, 2.45) is 5.92 Å². The van der Waals surface area contributed by atoms with Gasteiger partial charge >= 0.3 is 0 Å². The molecule has 104 valence electrons. The van der Waals surface area contributed by atoms with E-state index in [9.17, 15) is 9.50 Å². The van der Waals surface area contributed by atoms with E-state index < -0.39 is 6.17 Å². The number of hydrogen-bond acceptors (Lipinski definition) is 5. The fourth-order valence-electron chi connectivity index (χ4n) is 2.48. The van der Waals surface area contributed by atoms with E-state index in [0.717, 1.165) is 18.3 Å². The molecule has 6 heteroatoms. The standard InChI is InChI=1S/C13H19FN4O/c14-10-3-11(7-19)18(6-10)13-4-12(16-8-17-13)15-5-9-1-2-9/h4,8-11,19H,1-3,5-7H2,(H,15,16,17)/t10-,11-/m0/s1. The quantitative estimate of drug-likeness (QED) is 0.838. The summed E-state index contributed by atoms with van der Waals surface area (Å²) in [5.74, 6) is 2.23. The first-order chi connectivity index (χ1) is 9.26. The van der Waals surface area contributed by atoms with Gasteiger partial charge in [-0.15, -0.1) is 0 Å². The molecule has 1 aromatic rings. The van der Waals surface area contributed by atoms with Crippen LogP contribution in [0.5, 0.6) is 0 Å². The average Bonchev–Trinajstić information content (AvgIpc) is 3.18. The lowest BCUT2D eigenvalue weighted by Crippen LogP contribution is -2.33. The Morgan fingerprint density at radius 3 is 3.00 bits per heavy atom. The summed E-state index contributed by atoms with van der Waals surface area (Å²) in [5, 5.41) is 12.6. The summed E-state index contributed by atoms with van der Waals surface area (Å²) < 4.78 is 13.4. The summed E-state index contributed by atoms with van der Waals surface area (Å²) in [4.78, 5) is 10.2. The monoisotopic (exact) mass is 266 g/mol. The van der Waals surface area contributed by atoms with Crippen LogP contribution in [0.2, 0.25) is 0 Å². The second-order valence-corrected chi connectivity index (χ2v) is 5.41. The zero-order chi connectivity index (χ0) is 13.2. The van der Waals surface area contributed by atoms with Crippen molar-refractivity contribution in [3.63, 3.8) is 0 Å². The fourth-order valence-corrected chi connectivity index (χ4v) is 2.48. The van der Waals surface area contributed by atoms with E-state index in [1.54, 1.807) is 0 Å². The maximum atomic E-state index is 13.4. The minimum absolute atomic E-state index is 0.0464. The minimum atomic E-state index is -0.894. The SMILES string of the molecule is OC[C@@H]1C[C@H](F)CN1c1cc(NCC2CC2)ncn1. The topological polar surface area (TPSA) is 61.3 Å². The molecule has 1 aliphatic heterocycles. The molecule has 1 saturated carbocycles. The van der Waals surface area contributed by atoms with Gasteiger partial charge in [0.05, 0.1) is 19.2 Å². The number of hydrogen-bond donors (Lipinski definition) is 2. The first-order valence-corrected chi connectivity index (χ1v) is 6.83. The molecule has 0 spiro atoms. The van der Waals surface area contributed by atoms with Crippen molar-refractivity contribution in [3.8, 4) is 0 Å². The molecular formula is C13H19FN4O. The highest BCUT2D eigenvalue weighted by atomic mass is 19.1. The van der Waals surface area contributed by atoms with Crippen LogP contribution in [0.4, 0.5) is 16.0 Å². The number of aromatic nitrogens is 2. The van der Waals surface area contributed by atoms with Gasteiger partial charge in [0.25, 0.3) is 0 Å². The third-order valence-electron chi connectivity index (χ3n) is 3.79. The Kier molecular flexibility index (Phi) is 3.50. The minimum Gasteiger partial charge on any atom is -0.394 e. The van der Waals surface area contributed by atoms with Crippen molar-refractivity contribution in [2.75, 3.05) is 29.9 Å². The Morgan fingerprint density at radius 1 is 1.42 bits per heavy atom. The molecule has 5 nitrogen and oxygen atoms in total. The van der Waals surface area contributed by atoms with Crippen LogP contribution in [0.1, 0.15) is 19.3 Å². The number of rotatable bonds is 5. The summed E-state index contributed by atoms with van der Waals surface area (Å²) in [6.07, 6.45) is 3.53. The van der Waals surface area contributed by atoms with Crippen molar-refractivity contribution >= 4 is 11.6 Å². The van der Waals surface area contributed by atoms with Gasteiger partial charge < -0.3 is 15.3 Å². The first kappa shape index (κ1) is 12.6. The molecule has 0 amide bonds. The molecule has 2 fully saturated rings. The molecule has 1 aromatic heterocycles. The van der Waals surface area contributed by atoms with Crippen LogP contribution in [0, 0.1) is 5.92 Å². The molecule has 0 unspecified atom stereocenters. The third kappa shape index (κ3) is 2.94. The van der Waals surface area contributed by atoms with Gasteiger partial charge in [-0.05, 0) is 18.8 Å². The van der Waals surface area contributed by atoms with Gasteiger partial charge in [-0.2, -0.15) is 0 Å². The van der Waals surface area contributed by atoms with Crippen molar-refractivity contribution < 1.29 is 9.50 Å². The number of halogens is 1. The molecule has 0 bridgehead atoms. The maximum Gasteiger partial charge on any atom is 0.134 e. The second kappa shape index (κ2) is 5.28. The Labute approximate surface area is 111 Å². The predicted octanol–water partition coefficient (Wildman–Crippen LogP) is 1.21. The van der Waals surface area contributed by atoms with Gasteiger partial charge in [-0.1, -0.05) is 0 Å². The molecule has 3 rings (SSSR count). The predicted molar refractivity (Wildman–Crippen MR) is 71.0 cm³/mol. The lowest BCUT2D eigenvalue weighted by Gasteiger charge is -2.23. The number of nitrogens with zero attached hydrogens (tertiary/aromatic N) is 3. The Morgan fingerprint density at radius 2 is 2.26 bits per heavy atom. The normalized spacial score (nSPS) is 26.7. The highest BCUT2D eigenvalue weighted by Gasteiger charge is 2.32. The third-order valence-corrected chi connectivity index (χ3v) is 3.79. The van der Waals surface area contributed by atoms with E-state index >= 15 is 0 Å². The summed E-state index contributed by atoms with van der Waals surface area (Å²) in [5.41, 5.74) is 0. The highest BCUT2D eigenvalue weighted by Crippen LogP contribution is 2.30. The lowest BCUT2D eigenvalue weighted by atomic mass is 10.2. The van der Waals surface area contributed by atoms with Gasteiger partial charge in [0.15, 0.2) is 0 Å². The van der Waals surface area contributed by atoms with Crippen LogP contribution >= 0.6 is 0 Å². The second-order valence-electron chi connectivity index (χ2n) is 5.41. The highest BCUT2D eigenvalue weighted by molar-refractivity contribution is 5.50. The lowest BCUT2D eigenvalue weighted by molar-refractivity contribution is 0.255. The Hall–Kier alpha value is -1.43. The Bertz CT molecular complexity index is 440. The van der Waals surface area contributed by atoms with Crippen LogP contribution in [0.15, 0.2) is 12.4 Å². The van der Waals surface area contributed by atoms with E-state index in [-0.39, 0.29) is 12.6 Å². The van der Waals surface area contributed by atoms with E-state index in [1.165, 1.54) is 19.2 Å². The fraction of sp³-hybridized carbons (Fsp3) is 0.692. The van der Waals surface area contributed by atoms with Gasteiger partial charge in [-0.3, -0.25) is 0 Å². The van der Waals surface area contributed by atoms with Crippen molar-refractivity contribution in [1.82, 2.24) is 9.97 Å². The molecule has 1 saturated heterocycles. The molecule has 2 aliphatic rings. The number of alkyl halides is 1.